The van der Waals surface area contributed by atoms with Crippen LogP contribution in [0, 0.1) is 0 Å². The normalized spacial score (nSPS) is 11.7. The van der Waals surface area contributed by atoms with Gasteiger partial charge in [0, 0.05) is 59.2 Å². The number of rotatable bonds is 10. The number of aromatic nitrogens is 2. The molecule has 0 spiro atoms. The summed E-state index contributed by atoms with van der Waals surface area (Å²) in [6.07, 6.45) is 7.06. The lowest BCUT2D eigenvalue weighted by Gasteiger charge is -2.24. The summed E-state index contributed by atoms with van der Waals surface area (Å²) in [6.45, 7) is 0.681. The van der Waals surface area contributed by atoms with Crippen LogP contribution in [0.2, 0.25) is 6.04 Å². The van der Waals surface area contributed by atoms with Gasteiger partial charge in [0.05, 0.1) is 6.33 Å². The molecule has 0 N–H and O–H groups in total. The molecule has 7 heteroatoms. The van der Waals surface area contributed by atoms with E-state index in [9.17, 15) is 4.79 Å². The highest BCUT2D eigenvalue weighted by atomic mass is 28.4. The summed E-state index contributed by atoms with van der Waals surface area (Å²) in [7, 11) is 2.22. The van der Waals surface area contributed by atoms with Crippen LogP contribution in [0.1, 0.15) is 19.3 Å². The number of hydrogen-bond acceptors (Lipinski definition) is 5. The van der Waals surface area contributed by atoms with E-state index in [-0.39, 0.29) is 5.78 Å². The second kappa shape index (κ2) is 8.21. The molecule has 0 atom stereocenters. The number of carbonyl (C=O) groups is 1. The summed E-state index contributed by atoms with van der Waals surface area (Å²) in [5.41, 5.74) is 0. The molecule has 0 radical (unpaired) electrons. The van der Waals surface area contributed by atoms with Gasteiger partial charge in [0.1, 0.15) is 5.78 Å². The van der Waals surface area contributed by atoms with E-state index in [2.05, 4.69) is 4.98 Å². The van der Waals surface area contributed by atoms with Crippen molar-refractivity contribution in [1.82, 2.24) is 9.55 Å². The fraction of sp³-hybridized carbons (Fsp3) is 0.667. The fourth-order valence-corrected chi connectivity index (χ4v) is 3.58. The van der Waals surface area contributed by atoms with Crippen molar-refractivity contribution in [2.45, 2.75) is 31.9 Å². The van der Waals surface area contributed by atoms with Crippen LogP contribution in [-0.2, 0) is 24.6 Å². The first-order valence-electron chi connectivity index (χ1n) is 6.28. The monoisotopic (exact) mass is 286 g/mol. The molecule has 6 nitrogen and oxygen atoms in total. The molecule has 1 heterocycles. The maximum absolute atomic E-state index is 11.7. The summed E-state index contributed by atoms with van der Waals surface area (Å²) < 4.78 is 17.8. The predicted octanol–water partition coefficient (Wildman–Crippen LogP) is 1.50. The van der Waals surface area contributed by atoms with Gasteiger partial charge in [-0.15, -0.1) is 0 Å². The minimum Gasteiger partial charge on any atom is -0.377 e. The largest absolute Gasteiger partial charge is 0.500 e. The molecule has 19 heavy (non-hydrogen) atoms. The maximum Gasteiger partial charge on any atom is 0.500 e. The van der Waals surface area contributed by atoms with E-state index in [0.29, 0.717) is 25.4 Å². The minimum atomic E-state index is -2.53. The molecule has 0 bridgehead atoms. The molecule has 0 aromatic carbocycles. The Kier molecular flexibility index (Phi) is 6.93. The third-order valence-corrected chi connectivity index (χ3v) is 5.91. The first-order chi connectivity index (χ1) is 9.15. The van der Waals surface area contributed by atoms with Crippen molar-refractivity contribution in [2.24, 2.45) is 0 Å². The van der Waals surface area contributed by atoms with E-state index in [1.54, 1.807) is 33.9 Å². The van der Waals surface area contributed by atoms with E-state index < -0.39 is 8.80 Å². The number of nitrogens with zero attached hydrogens (tertiary/aromatic N) is 2. The fourth-order valence-electron chi connectivity index (χ4n) is 1.86. The second-order valence-electron chi connectivity index (χ2n) is 4.24. The van der Waals surface area contributed by atoms with Gasteiger partial charge in [-0.2, -0.15) is 0 Å². The van der Waals surface area contributed by atoms with Gasteiger partial charge in [0.2, 0.25) is 0 Å². The molecule has 1 aromatic rings. The zero-order chi connectivity index (χ0) is 14.1. The third kappa shape index (κ3) is 5.23. The van der Waals surface area contributed by atoms with E-state index in [0.717, 1.165) is 6.42 Å². The van der Waals surface area contributed by atoms with Gasteiger partial charge < -0.3 is 17.8 Å². The Hall–Kier alpha value is -1.02. The third-order valence-electron chi connectivity index (χ3n) is 3.08. The van der Waals surface area contributed by atoms with Gasteiger partial charge in [-0.05, 0) is 6.42 Å². The molecule has 1 rings (SSSR count). The molecule has 0 saturated carbocycles. The average Bonchev–Trinajstić information content (AvgIpc) is 2.95. The molecule has 1 aromatic heterocycles. The molecule has 0 fully saturated rings. The Morgan fingerprint density at radius 3 is 2.42 bits per heavy atom. The number of imidazole rings is 1. The lowest BCUT2D eigenvalue weighted by Crippen LogP contribution is -2.42. The van der Waals surface area contributed by atoms with E-state index >= 15 is 0 Å². The van der Waals surface area contributed by atoms with Crippen molar-refractivity contribution < 1.29 is 18.1 Å². The summed E-state index contributed by atoms with van der Waals surface area (Å²) in [5, 5.41) is 0. The van der Waals surface area contributed by atoms with Crippen LogP contribution < -0.4 is 0 Å². The number of aryl methyl sites for hydroxylation is 1. The smallest absolute Gasteiger partial charge is 0.377 e. The highest BCUT2D eigenvalue weighted by Gasteiger charge is 2.36. The number of hydrogen-bond donors (Lipinski definition) is 0. The van der Waals surface area contributed by atoms with E-state index in [4.69, 9.17) is 13.3 Å². The highest BCUT2D eigenvalue weighted by molar-refractivity contribution is 6.60. The molecule has 0 aliphatic rings. The lowest BCUT2D eigenvalue weighted by atomic mass is 10.2. The lowest BCUT2D eigenvalue weighted by molar-refractivity contribution is -0.119. The molecule has 0 amide bonds. The Bertz CT molecular complexity index is 358. The average molecular weight is 286 g/mol. The Balaban J connectivity index is 2.23. The quantitative estimate of drug-likeness (QED) is 0.610. The van der Waals surface area contributed by atoms with Crippen LogP contribution in [0.25, 0.3) is 0 Å². The maximum atomic E-state index is 11.7. The first kappa shape index (κ1) is 16.0. The van der Waals surface area contributed by atoms with Crippen molar-refractivity contribution >= 4 is 14.6 Å². The molecular formula is C12H22N2O4Si. The van der Waals surface area contributed by atoms with Crippen molar-refractivity contribution in [3.05, 3.63) is 18.7 Å². The van der Waals surface area contributed by atoms with Crippen molar-refractivity contribution in [3.63, 3.8) is 0 Å². The van der Waals surface area contributed by atoms with Crippen LogP contribution in [0.15, 0.2) is 18.7 Å². The second-order valence-corrected chi connectivity index (χ2v) is 7.33. The topological polar surface area (TPSA) is 62.6 Å². The van der Waals surface area contributed by atoms with Crippen LogP contribution in [-0.4, -0.2) is 45.5 Å². The van der Waals surface area contributed by atoms with Gasteiger partial charge in [0.15, 0.2) is 0 Å². The predicted molar refractivity (Wildman–Crippen MR) is 72.7 cm³/mol. The molecular weight excluding hydrogens is 264 g/mol. The Labute approximate surface area is 115 Å². The van der Waals surface area contributed by atoms with Gasteiger partial charge in [0.25, 0.3) is 0 Å². The van der Waals surface area contributed by atoms with Crippen LogP contribution in [0.3, 0.4) is 0 Å². The summed E-state index contributed by atoms with van der Waals surface area (Å²) in [4.78, 5) is 15.7. The SMILES string of the molecule is CO[Si](CCCC(=O)CCn1ccnc1)(OC)OC. The summed E-state index contributed by atoms with van der Waals surface area (Å²) in [5.74, 6) is 0.236. The standard InChI is InChI=1S/C12H22N2O4Si/c1-16-19(17-2,18-3)10-4-5-12(15)6-8-14-9-7-13-11-14/h7,9,11H,4-6,8,10H2,1-3H3. The van der Waals surface area contributed by atoms with Crippen molar-refractivity contribution in [3.8, 4) is 0 Å². The van der Waals surface area contributed by atoms with Crippen LogP contribution in [0.4, 0.5) is 0 Å². The zero-order valence-corrected chi connectivity index (χ0v) is 12.8. The van der Waals surface area contributed by atoms with Gasteiger partial charge in [-0.1, -0.05) is 0 Å². The van der Waals surface area contributed by atoms with Crippen molar-refractivity contribution in [2.75, 3.05) is 21.3 Å². The van der Waals surface area contributed by atoms with Gasteiger partial charge in [-0.25, -0.2) is 4.98 Å². The summed E-state index contributed by atoms with van der Waals surface area (Å²) >= 11 is 0. The summed E-state index contributed by atoms with van der Waals surface area (Å²) in [6, 6.07) is 0.660. The molecule has 0 unspecified atom stereocenters. The molecule has 0 aliphatic carbocycles. The Morgan fingerprint density at radius 2 is 1.89 bits per heavy atom. The van der Waals surface area contributed by atoms with E-state index in [1.165, 1.54) is 0 Å². The first-order valence-corrected chi connectivity index (χ1v) is 8.22. The van der Waals surface area contributed by atoms with Crippen molar-refractivity contribution in [1.29, 1.82) is 0 Å². The van der Waals surface area contributed by atoms with Gasteiger partial charge in [-0.3, -0.25) is 4.79 Å². The van der Waals surface area contributed by atoms with Crippen LogP contribution >= 0.6 is 0 Å². The molecule has 0 saturated heterocycles. The van der Waals surface area contributed by atoms with Crippen LogP contribution in [0.5, 0.6) is 0 Å². The highest BCUT2D eigenvalue weighted by Crippen LogP contribution is 2.16. The number of Topliss-reactive ketones (excluding diaryl/α,β-unsaturated/α-hetero) is 1. The van der Waals surface area contributed by atoms with E-state index in [1.807, 2.05) is 10.8 Å². The molecule has 108 valence electrons. The zero-order valence-electron chi connectivity index (χ0n) is 11.8. The van der Waals surface area contributed by atoms with Gasteiger partial charge >= 0.3 is 8.80 Å². The minimum absolute atomic E-state index is 0.236. The number of ketones is 1. The Morgan fingerprint density at radius 1 is 1.21 bits per heavy atom. The number of carbonyl (C=O) groups excluding carboxylic acids is 1. The molecule has 0 aliphatic heterocycles.